The van der Waals surface area contributed by atoms with Crippen LogP contribution in [0.15, 0.2) is 42.5 Å². The van der Waals surface area contributed by atoms with Crippen LogP contribution in [0.1, 0.15) is 16.7 Å². The quantitative estimate of drug-likeness (QED) is 0.848. The number of hydrogen-bond acceptors (Lipinski definition) is 3. The van der Waals surface area contributed by atoms with Gasteiger partial charge >= 0.3 is 0 Å². The predicted molar refractivity (Wildman–Crippen MR) is 81.4 cm³/mol. The third kappa shape index (κ3) is 2.33. The number of rotatable bonds is 2. The summed E-state index contributed by atoms with van der Waals surface area (Å²) < 4.78 is 0. The molecular weight excluding hydrogens is 246 g/mol. The van der Waals surface area contributed by atoms with Gasteiger partial charge in [-0.3, -0.25) is 0 Å². The summed E-state index contributed by atoms with van der Waals surface area (Å²) >= 11 is 0. The van der Waals surface area contributed by atoms with E-state index in [-0.39, 0.29) is 0 Å². The first kappa shape index (κ1) is 12.6. The maximum atomic E-state index is 8.86. The Bertz CT molecular complexity index is 670. The molecule has 1 heterocycles. The van der Waals surface area contributed by atoms with E-state index >= 15 is 0 Å². The number of nitrogens with two attached hydrogens (primary N) is 1. The maximum absolute atomic E-state index is 8.86. The van der Waals surface area contributed by atoms with E-state index in [1.165, 1.54) is 11.1 Å². The van der Waals surface area contributed by atoms with Crippen molar-refractivity contribution in [1.82, 2.24) is 0 Å². The van der Waals surface area contributed by atoms with Gasteiger partial charge in [-0.25, -0.2) is 0 Å². The van der Waals surface area contributed by atoms with Gasteiger partial charge in [0, 0.05) is 24.5 Å². The molecule has 100 valence electrons. The Morgan fingerprint density at radius 1 is 1.15 bits per heavy atom. The summed E-state index contributed by atoms with van der Waals surface area (Å²) in [5, 5.41) is 8.86. The maximum Gasteiger partial charge on any atom is 0.0670 e. The molecule has 2 N–H and O–H groups in total. The molecule has 0 unspecified atom stereocenters. The number of fused-ring (bicyclic) bond motifs is 1. The van der Waals surface area contributed by atoms with Crippen LogP contribution < -0.4 is 10.6 Å². The van der Waals surface area contributed by atoms with Crippen LogP contribution in [0.5, 0.6) is 0 Å². The van der Waals surface area contributed by atoms with Crippen molar-refractivity contribution in [2.75, 3.05) is 17.2 Å². The minimum atomic E-state index is 0.365. The van der Waals surface area contributed by atoms with Gasteiger partial charge in [0.1, 0.15) is 0 Å². The molecule has 1 aliphatic heterocycles. The normalized spacial score (nSPS) is 13.7. The van der Waals surface area contributed by atoms with E-state index < -0.39 is 0 Å². The third-order valence-corrected chi connectivity index (χ3v) is 3.89. The van der Waals surface area contributed by atoms with Gasteiger partial charge in [0.05, 0.1) is 12.5 Å². The standard InChI is InChI=1S/C17H17N3/c18-9-7-14-11-16(5-6-17(14)19)20-10-8-13-3-1-2-4-15(13)12-20/h1-6,11H,7-8,10,12,19H2. The zero-order valence-corrected chi connectivity index (χ0v) is 11.3. The zero-order chi connectivity index (χ0) is 13.9. The summed E-state index contributed by atoms with van der Waals surface area (Å²) in [7, 11) is 0. The zero-order valence-electron chi connectivity index (χ0n) is 11.3. The number of hydrogen-bond donors (Lipinski definition) is 1. The molecule has 0 atom stereocenters. The summed E-state index contributed by atoms with van der Waals surface area (Å²) in [6.45, 7) is 1.93. The molecule has 1 aliphatic rings. The average Bonchev–Trinajstić information content (AvgIpc) is 2.49. The van der Waals surface area contributed by atoms with Gasteiger partial charge in [0.25, 0.3) is 0 Å². The molecule has 0 radical (unpaired) electrons. The first-order chi connectivity index (χ1) is 9.78. The second kappa shape index (κ2) is 5.26. The van der Waals surface area contributed by atoms with E-state index in [4.69, 9.17) is 11.0 Å². The van der Waals surface area contributed by atoms with E-state index in [0.717, 1.165) is 30.8 Å². The Morgan fingerprint density at radius 2 is 1.95 bits per heavy atom. The Kier molecular flexibility index (Phi) is 3.30. The third-order valence-electron chi connectivity index (χ3n) is 3.89. The van der Waals surface area contributed by atoms with E-state index in [1.54, 1.807) is 0 Å². The molecule has 0 bridgehead atoms. The van der Waals surface area contributed by atoms with E-state index in [0.29, 0.717) is 12.1 Å². The number of nitrogen functional groups attached to an aromatic ring is 1. The molecule has 0 spiro atoms. The number of benzene rings is 2. The Balaban J connectivity index is 1.88. The molecule has 2 aromatic rings. The van der Waals surface area contributed by atoms with Crippen molar-refractivity contribution >= 4 is 11.4 Å². The van der Waals surface area contributed by atoms with Crippen molar-refractivity contribution in [3.63, 3.8) is 0 Å². The topological polar surface area (TPSA) is 53.0 Å². The first-order valence-corrected chi connectivity index (χ1v) is 6.85. The fourth-order valence-electron chi connectivity index (χ4n) is 2.74. The lowest BCUT2D eigenvalue weighted by molar-refractivity contribution is 0.731. The van der Waals surface area contributed by atoms with Crippen molar-refractivity contribution in [3.8, 4) is 6.07 Å². The SMILES string of the molecule is N#CCc1cc(N2CCc3ccccc3C2)ccc1N. The molecule has 0 aromatic heterocycles. The van der Waals surface area contributed by atoms with Gasteiger partial charge in [0.2, 0.25) is 0 Å². The molecule has 0 amide bonds. The van der Waals surface area contributed by atoms with E-state index in [2.05, 4.69) is 35.2 Å². The lowest BCUT2D eigenvalue weighted by Gasteiger charge is -2.31. The second-order valence-electron chi connectivity index (χ2n) is 5.16. The predicted octanol–water partition coefficient (Wildman–Crippen LogP) is 2.90. The fourth-order valence-corrected chi connectivity index (χ4v) is 2.74. The minimum Gasteiger partial charge on any atom is -0.398 e. The molecule has 20 heavy (non-hydrogen) atoms. The number of nitriles is 1. The summed E-state index contributed by atoms with van der Waals surface area (Å²) in [6, 6.07) is 16.8. The summed E-state index contributed by atoms with van der Waals surface area (Å²) in [4.78, 5) is 2.35. The van der Waals surface area contributed by atoms with Crippen LogP contribution in [0, 0.1) is 11.3 Å². The van der Waals surface area contributed by atoms with Crippen LogP contribution in [-0.4, -0.2) is 6.54 Å². The molecule has 2 aromatic carbocycles. The van der Waals surface area contributed by atoms with Crippen LogP contribution >= 0.6 is 0 Å². The smallest absolute Gasteiger partial charge is 0.0670 e. The van der Waals surface area contributed by atoms with Gasteiger partial charge in [-0.15, -0.1) is 0 Å². The van der Waals surface area contributed by atoms with E-state index in [1.807, 2.05) is 18.2 Å². The molecule has 0 saturated heterocycles. The molecule has 0 fully saturated rings. The Morgan fingerprint density at radius 3 is 2.75 bits per heavy atom. The van der Waals surface area contributed by atoms with Crippen molar-refractivity contribution in [2.45, 2.75) is 19.4 Å². The first-order valence-electron chi connectivity index (χ1n) is 6.85. The van der Waals surface area contributed by atoms with Gasteiger partial charge in [0.15, 0.2) is 0 Å². The van der Waals surface area contributed by atoms with Crippen LogP contribution in [0.4, 0.5) is 11.4 Å². The van der Waals surface area contributed by atoms with Crippen LogP contribution in [0.3, 0.4) is 0 Å². The summed E-state index contributed by atoms with van der Waals surface area (Å²) in [5.41, 5.74) is 11.5. The molecule has 0 saturated carbocycles. The Labute approximate surface area is 119 Å². The van der Waals surface area contributed by atoms with Gasteiger partial charge in [-0.1, -0.05) is 24.3 Å². The van der Waals surface area contributed by atoms with Gasteiger partial charge in [-0.05, 0) is 41.3 Å². The van der Waals surface area contributed by atoms with Crippen LogP contribution in [-0.2, 0) is 19.4 Å². The second-order valence-corrected chi connectivity index (χ2v) is 5.16. The largest absolute Gasteiger partial charge is 0.398 e. The highest BCUT2D eigenvalue weighted by Gasteiger charge is 2.16. The minimum absolute atomic E-state index is 0.365. The molecule has 3 heteroatoms. The van der Waals surface area contributed by atoms with Crippen LogP contribution in [0.2, 0.25) is 0 Å². The molecule has 0 aliphatic carbocycles. The lowest BCUT2D eigenvalue weighted by atomic mass is 9.99. The van der Waals surface area contributed by atoms with Crippen molar-refractivity contribution in [3.05, 3.63) is 59.2 Å². The average molecular weight is 263 g/mol. The monoisotopic (exact) mass is 263 g/mol. The van der Waals surface area contributed by atoms with Crippen LogP contribution in [0.25, 0.3) is 0 Å². The number of nitrogens with zero attached hydrogens (tertiary/aromatic N) is 2. The lowest BCUT2D eigenvalue weighted by Crippen LogP contribution is -2.30. The highest BCUT2D eigenvalue weighted by molar-refractivity contribution is 5.60. The van der Waals surface area contributed by atoms with E-state index in [9.17, 15) is 0 Å². The highest BCUT2D eigenvalue weighted by atomic mass is 15.1. The molecular formula is C17H17N3. The molecule has 3 nitrogen and oxygen atoms in total. The number of anilines is 2. The van der Waals surface area contributed by atoms with Gasteiger partial charge < -0.3 is 10.6 Å². The summed E-state index contributed by atoms with van der Waals surface area (Å²) in [6.07, 6.45) is 1.43. The summed E-state index contributed by atoms with van der Waals surface area (Å²) in [5.74, 6) is 0. The molecule has 3 rings (SSSR count). The highest BCUT2D eigenvalue weighted by Crippen LogP contribution is 2.27. The Hall–Kier alpha value is -2.47. The van der Waals surface area contributed by atoms with Crippen molar-refractivity contribution in [1.29, 1.82) is 5.26 Å². The fraction of sp³-hybridized carbons (Fsp3) is 0.235. The van der Waals surface area contributed by atoms with Crippen molar-refractivity contribution in [2.24, 2.45) is 0 Å². The van der Waals surface area contributed by atoms with Crippen molar-refractivity contribution < 1.29 is 0 Å². The van der Waals surface area contributed by atoms with Gasteiger partial charge in [-0.2, -0.15) is 5.26 Å².